The maximum Gasteiger partial charge on any atom is 0.0542 e. The Morgan fingerprint density at radius 2 is 2.06 bits per heavy atom. The molecule has 0 bridgehead atoms. The highest BCUT2D eigenvalue weighted by molar-refractivity contribution is 8.03. The molecule has 1 nitrogen and oxygen atoms in total. The van der Waals surface area contributed by atoms with E-state index in [1.165, 1.54) is 0 Å². The third kappa shape index (κ3) is 6.25. The summed E-state index contributed by atoms with van der Waals surface area (Å²) in [4.78, 5) is 1.06. The highest BCUT2D eigenvalue weighted by atomic mass is 35.5. The van der Waals surface area contributed by atoms with E-state index in [4.69, 9.17) is 28.9 Å². The van der Waals surface area contributed by atoms with Crippen molar-refractivity contribution in [2.24, 2.45) is 5.73 Å². The molecule has 1 rings (SSSR count). The first-order valence-corrected chi connectivity index (χ1v) is 8.44. The Balaban J connectivity index is 2.24. The molecule has 2 N–H and O–H groups in total. The van der Waals surface area contributed by atoms with Crippen LogP contribution >= 0.6 is 46.7 Å². The van der Waals surface area contributed by atoms with E-state index in [2.05, 4.69) is 6.92 Å². The summed E-state index contributed by atoms with van der Waals surface area (Å²) >= 11 is 15.6. The van der Waals surface area contributed by atoms with Crippen LogP contribution in [0.2, 0.25) is 10.0 Å². The molecule has 0 saturated carbocycles. The zero-order chi connectivity index (χ0) is 12.7. The molecule has 0 spiro atoms. The SMILES string of the molecule is CCC(N)CSCCSc1cc(Cl)ccc1Cl. The lowest BCUT2D eigenvalue weighted by molar-refractivity contribution is 0.725. The number of rotatable bonds is 7. The van der Waals surface area contributed by atoms with Crippen LogP contribution < -0.4 is 5.73 Å². The largest absolute Gasteiger partial charge is 0.327 e. The highest BCUT2D eigenvalue weighted by Gasteiger charge is 2.03. The van der Waals surface area contributed by atoms with E-state index < -0.39 is 0 Å². The predicted molar refractivity (Wildman–Crippen MR) is 82.8 cm³/mol. The Hall–Kier alpha value is 0.460. The Labute approximate surface area is 122 Å². The molecule has 0 heterocycles. The maximum atomic E-state index is 6.08. The van der Waals surface area contributed by atoms with Crippen molar-refractivity contribution in [2.75, 3.05) is 17.3 Å². The van der Waals surface area contributed by atoms with Gasteiger partial charge in [-0.3, -0.25) is 0 Å². The van der Waals surface area contributed by atoms with Crippen molar-refractivity contribution in [3.05, 3.63) is 28.2 Å². The number of thioether (sulfide) groups is 2. The van der Waals surface area contributed by atoms with E-state index in [1.54, 1.807) is 11.8 Å². The van der Waals surface area contributed by atoms with E-state index in [-0.39, 0.29) is 0 Å². The molecule has 1 atom stereocenters. The van der Waals surface area contributed by atoms with Crippen molar-refractivity contribution >= 4 is 46.7 Å². The predicted octanol–water partition coefficient (Wildman–Crippen LogP) is 4.56. The smallest absolute Gasteiger partial charge is 0.0542 e. The molecule has 5 heteroatoms. The Morgan fingerprint density at radius 1 is 1.29 bits per heavy atom. The zero-order valence-electron chi connectivity index (χ0n) is 9.79. The van der Waals surface area contributed by atoms with Crippen LogP contribution in [0.4, 0.5) is 0 Å². The molecule has 0 fully saturated rings. The molecule has 1 unspecified atom stereocenters. The third-order valence-corrected chi connectivity index (χ3v) is 5.38. The van der Waals surface area contributed by atoms with Gasteiger partial charge in [-0.2, -0.15) is 11.8 Å². The minimum atomic E-state index is 0.319. The second kappa shape index (κ2) is 8.54. The number of benzene rings is 1. The van der Waals surface area contributed by atoms with Crippen molar-refractivity contribution < 1.29 is 0 Å². The highest BCUT2D eigenvalue weighted by Crippen LogP contribution is 2.30. The van der Waals surface area contributed by atoms with Gasteiger partial charge in [-0.05, 0) is 24.6 Å². The maximum absolute atomic E-state index is 6.08. The molecule has 1 aromatic rings. The average molecular weight is 310 g/mol. The number of hydrogen-bond acceptors (Lipinski definition) is 3. The molecule has 0 radical (unpaired) electrons. The lowest BCUT2D eigenvalue weighted by atomic mass is 10.3. The van der Waals surface area contributed by atoms with Gasteiger partial charge in [-0.1, -0.05) is 30.1 Å². The Kier molecular flexibility index (Phi) is 7.80. The number of halogens is 2. The molecule has 1 aromatic carbocycles. The first kappa shape index (κ1) is 15.5. The molecule has 0 aromatic heterocycles. The third-order valence-electron chi connectivity index (χ3n) is 2.23. The second-order valence-electron chi connectivity index (χ2n) is 3.67. The summed E-state index contributed by atoms with van der Waals surface area (Å²) in [5.74, 6) is 3.14. The minimum absolute atomic E-state index is 0.319. The molecule has 96 valence electrons. The van der Waals surface area contributed by atoms with Crippen LogP contribution in [0.3, 0.4) is 0 Å². The monoisotopic (exact) mass is 309 g/mol. The van der Waals surface area contributed by atoms with E-state index in [0.717, 1.165) is 38.6 Å². The van der Waals surface area contributed by atoms with Crippen LogP contribution in [-0.4, -0.2) is 23.3 Å². The molecule has 0 aliphatic carbocycles. The van der Waals surface area contributed by atoms with Crippen LogP contribution in [0.5, 0.6) is 0 Å². The molecular formula is C12H17Cl2NS2. The molecule has 0 amide bonds. The summed E-state index contributed by atoms with van der Waals surface area (Å²) in [6, 6.07) is 5.88. The second-order valence-corrected chi connectivity index (χ2v) is 6.80. The van der Waals surface area contributed by atoms with Gasteiger partial charge in [-0.25, -0.2) is 0 Å². The molecule has 0 aliphatic rings. The van der Waals surface area contributed by atoms with Gasteiger partial charge in [0.2, 0.25) is 0 Å². The van der Waals surface area contributed by atoms with E-state index in [1.807, 2.05) is 30.0 Å². The first-order valence-electron chi connectivity index (χ1n) is 5.54. The van der Waals surface area contributed by atoms with E-state index >= 15 is 0 Å². The average Bonchev–Trinajstić information content (AvgIpc) is 2.32. The molecule has 17 heavy (non-hydrogen) atoms. The van der Waals surface area contributed by atoms with Crippen LogP contribution in [-0.2, 0) is 0 Å². The van der Waals surface area contributed by atoms with Crippen molar-refractivity contribution in [2.45, 2.75) is 24.3 Å². The standard InChI is InChI=1S/C12H17Cl2NS2/c1-2-10(15)8-16-5-6-17-12-7-9(13)3-4-11(12)14/h3-4,7,10H,2,5-6,8,15H2,1H3. The van der Waals surface area contributed by atoms with Gasteiger partial charge in [0.25, 0.3) is 0 Å². The van der Waals surface area contributed by atoms with Gasteiger partial charge < -0.3 is 5.73 Å². The summed E-state index contributed by atoms with van der Waals surface area (Å²) < 4.78 is 0. The first-order chi connectivity index (χ1) is 8.13. The van der Waals surface area contributed by atoms with Crippen LogP contribution in [0, 0.1) is 0 Å². The van der Waals surface area contributed by atoms with Gasteiger partial charge in [0.15, 0.2) is 0 Å². The minimum Gasteiger partial charge on any atom is -0.327 e. The summed E-state index contributed by atoms with van der Waals surface area (Å²) in [5.41, 5.74) is 5.84. The van der Waals surface area contributed by atoms with Crippen LogP contribution in [0.15, 0.2) is 23.1 Å². The quantitative estimate of drug-likeness (QED) is 0.591. The lowest BCUT2D eigenvalue weighted by Gasteiger charge is -2.08. The van der Waals surface area contributed by atoms with Gasteiger partial charge in [-0.15, -0.1) is 11.8 Å². The van der Waals surface area contributed by atoms with Crippen molar-refractivity contribution in [3.63, 3.8) is 0 Å². The van der Waals surface area contributed by atoms with Gasteiger partial charge in [0.1, 0.15) is 0 Å². The summed E-state index contributed by atoms with van der Waals surface area (Å²) in [5, 5.41) is 1.51. The van der Waals surface area contributed by atoms with E-state index in [0.29, 0.717) is 6.04 Å². The Bertz CT molecular complexity index is 347. The van der Waals surface area contributed by atoms with Crippen molar-refractivity contribution in [1.29, 1.82) is 0 Å². The fourth-order valence-corrected chi connectivity index (χ4v) is 3.81. The van der Waals surface area contributed by atoms with Crippen molar-refractivity contribution in [1.82, 2.24) is 0 Å². The fraction of sp³-hybridized carbons (Fsp3) is 0.500. The molecule has 0 saturated heterocycles. The number of nitrogens with two attached hydrogens (primary N) is 1. The molecule has 0 aliphatic heterocycles. The normalized spacial score (nSPS) is 12.7. The van der Waals surface area contributed by atoms with Gasteiger partial charge in [0.05, 0.1) is 5.02 Å². The summed E-state index contributed by atoms with van der Waals surface area (Å²) in [7, 11) is 0. The Morgan fingerprint density at radius 3 is 2.76 bits per heavy atom. The summed E-state index contributed by atoms with van der Waals surface area (Å²) in [6.07, 6.45) is 1.04. The molecular weight excluding hydrogens is 293 g/mol. The van der Waals surface area contributed by atoms with Gasteiger partial charge in [0, 0.05) is 33.2 Å². The topological polar surface area (TPSA) is 26.0 Å². The zero-order valence-corrected chi connectivity index (χ0v) is 12.9. The van der Waals surface area contributed by atoms with Crippen LogP contribution in [0.25, 0.3) is 0 Å². The summed E-state index contributed by atoms with van der Waals surface area (Å²) in [6.45, 7) is 2.12. The number of hydrogen-bond donors (Lipinski definition) is 1. The van der Waals surface area contributed by atoms with E-state index in [9.17, 15) is 0 Å². The fourth-order valence-electron chi connectivity index (χ4n) is 1.15. The van der Waals surface area contributed by atoms with Crippen LogP contribution in [0.1, 0.15) is 13.3 Å². The lowest BCUT2D eigenvalue weighted by Crippen LogP contribution is -2.21. The van der Waals surface area contributed by atoms with Crippen molar-refractivity contribution in [3.8, 4) is 0 Å². The van der Waals surface area contributed by atoms with Gasteiger partial charge >= 0.3 is 0 Å².